The molecule has 0 aliphatic carbocycles. The van der Waals surface area contributed by atoms with Gasteiger partial charge in [-0.15, -0.1) is 6.58 Å². The molecule has 0 amide bonds. The second-order valence-corrected chi connectivity index (χ2v) is 3.56. The molecule has 0 aliphatic heterocycles. The predicted molar refractivity (Wildman–Crippen MR) is 59.5 cm³/mol. The van der Waals surface area contributed by atoms with Crippen LogP contribution in [0, 0.1) is 21.7 Å². The van der Waals surface area contributed by atoms with Gasteiger partial charge in [0.1, 0.15) is 5.82 Å². The molecule has 0 spiro atoms. The highest BCUT2D eigenvalue weighted by Gasteiger charge is 2.18. The molecule has 1 aromatic carbocycles. The van der Waals surface area contributed by atoms with E-state index in [1.54, 1.807) is 13.0 Å². The minimum Gasteiger partial charge on any atom is -0.307 e. The Morgan fingerprint density at radius 1 is 1.53 bits per heavy atom. The van der Waals surface area contributed by atoms with Crippen molar-refractivity contribution >= 4 is 5.69 Å². The third kappa shape index (κ3) is 3.32. The van der Waals surface area contributed by atoms with Crippen LogP contribution in [0.5, 0.6) is 0 Å². The molecule has 17 heavy (non-hydrogen) atoms. The fraction of sp³-hybridized carbons (Fsp3) is 0.273. The van der Waals surface area contributed by atoms with Gasteiger partial charge in [-0.1, -0.05) is 6.08 Å². The van der Waals surface area contributed by atoms with E-state index in [1.807, 2.05) is 0 Å². The molecule has 0 heterocycles. The summed E-state index contributed by atoms with van der Waals surface area (Å²) in [6.07, 6.45) is 1.61. The zero-order valence-electron chi connectivity index (χ0n) is 9.24. The summed E-state index contributed by atoms with van der Waals surface area (Å²) in [6.45, 7) is 5.39. The standard InChI is InChI=1S/C11H12F2N2O2/c1-3-7(2)14-6-8-4-11(15(16)17)10(13)5-9(8)12/h3-5,7,14H,1,6H2,2H3. The number of nitro groups is 1. The van der Waals surface area contributed by atoms with Crippen LogP contribution >= 0.6 is 0 Å². The van der Waals surface area contributed by atoms with Crippen LogP contribution in [0.4, 0.5) is 14.5 Å². The minimum atomic E-state index is -1.17. The molecule has 0 saturated heterocycles. The predicted octanol–water partition coefficient (Wildman–Crippen LogP) is 2.54. The van der Waals surface area contributed by atoms with E-state index in [9.17, 15) is 18.9 Å². The number of nitrogens with one attached hydrogen (secondary N) is 1. The summed E-state index contributed by atoms with van der Waals surface area (Å²) >= 11 is 0. The van der Waals surface area contributed by atoms with Gasteiger partial charge in [0.2, 0.25) is 5.82 Å². The first-order chi connectivity index (χ1) is 7.95. The Balaban J connectivity index is 2.95. The second kappa shape index (κ2) is 5.49. The van der Waals surface area contributed by atoms with Gasteiger partial charge in [-0.3, -0.25) is 10.1 Å². The van der Waals surface area contributed by atoms with Gasteiger partial charge in [0.25, 0.3) is 0 Å². The van der Waals surface area contributed by atoms with Gasteiger partial charge in [0.05, 0.1) is 4.92 Å². The molecule has 0 bridgehead atoms. The number of hydrogen-bond acceptors (Lipinski definition) is 3. The number of halogens is 2. The lowest BCUT2D eigenvalue weighted by Gasteiger charge is -2.09. The van der Waals surface area contributed by atoms with Crippen LogP contribution in [0.15, 0.2) is 24.8 Å². The lowest BCUT2D eigenvalue weighted by Crippen LogP contribution is -2.23. The molecule has 6 heteroatoms. The molecule has 1 unspecified atom stereocenters. The van der Waals surface area contributed by atoms with Crippen molar-refractivity contribution in [2.24, 2.45) is 0 Å². The van der Waals surface area contributed by atoms with Gasteiger partial charge in [0, 0.05) is 30.3 Å². The molecule has 1 N–H and O–H groups in total. The third-order valence-electron chi connectivity index (χ3n) is 2.28. The monoisotopic (exact) mass is 242 g/mol. The summed E-state index contributed by atoms with van der Waals surface area (Å²) in [5, 5.41) is 13.4. The van der Waals surface area contributed by atoms with Crippen molar-refractivity contribution in [1.82, 2.24) is 5.32 Å². The van der Waals surface area contributed by atoms with Gasteiger partial charge in [-0.2, -0.15) is 4.39 Å². The molecule has 92 valence electrons. The first-order valence-corrected chi connectivity index (χ1v) is 4.94. The Hall–Kier alpha value is -1.82. The van der Waals surface area contributed by atoms with Gasteiger partial charge in [0.15, 0.2) is 0 Å². The van der Waals surface area contributed by atoms with Crippen LogP contribution < -0.4 is 5.32 Å². The summed E-state index contributed by atoms with van der Waals surface area (Å²) in [5.74, 6) is -1.98. The number of nitrogens with zero attached hydrogens (tertiary/aromatic N) is 1. The van der Waals surface area contributed by atoms with Crippen LogP contribution in [0.2, 0.25) is 0 Å². The average Bonchev–Trinajstić information content (AvgIpc) is 2.26. The van der Waals surface area contributed by atoms with Crippen LogP contribution in [0.25, 0.3) is 0 Å². The zero-order valence-corrected chi connectivity index (χ0v) is 9.24. The molecule has 4 nitrogen and oxygen atoms in total. The van der Waals surface area contributed by atoms with E-state index >= 15 is 0 Å². The van der Waals surface area contributed by atoms with Crippen molar-refractivity contribution in [1.29, 1.82) is 0 Å². The topological polar surface area (TPSA) is 55.2 Å². The maximum absolute atomic E-state index is 13.3. The Labute approximate surface area is 97.1 Å². The van der Waals surface area contributed by atoms with E-state index in [2.05, 4.69) is 11.9 Å². The van der Waals surface area contributed by atoms with Crippen LogP contribution in [-0.2, 0) is 6.54 Å². The number of hydrogen-bond donors (Lipinski definition) is 1. The van der Waals surface area contributed by atoms with Crippen LogP contribution in [0.1, 0.15) is 12.5 Å². The molecule has 1 rings (SSSR count). The van der Waals surface area contributed by atoms with Crippen molar-refractivity contribution in [2.75, 3.05) is 0 Å². The quantitative estimate of drug-likeness (QED) is 0.490. The van der Waals surface area contributed by atoms with Gasteiger partial charge < -0.3 is 5.32 Å². The molecular weight excluding hydrogens is 230 g/mol. The minimum absolute atomic E-state index is 0.0480. The molecule has 0 aromatic heterocycles. The van der Waals surface area contributed by atoms with Gasteiger partial charge >= 0.3 is 5.69 Å². The lowest BCUT2D eigenvalue weighted by molar-refractivity contribution is -0.387. The van der Waals surface area contributed by atoms with Crippen molar-refractivity contribution in [2.45, 2.75) is 19.5 Å². The van der Waals surface area contributed by atoms with Gasteiger partial charge in [-0.05, 0) is 6.92 Å². The van der Waals surface area contributed by atoms with Crippen molar-refractivity contribution in [3.8, 4) is 0 Å². The molecular formula is C11H12F2N2O2. The second-order valence-electron chi connectivity index (χ2n) is 3.56. The maximum atomic E-state index is 13.3. The Kier molecular flexibility index (Phi) is 4.28. The zero-order chi connectivity index (χ0) is 13.0. The van der Waals surface area contributed by atoms with E-state index < -0.39 is 22.2 Å². The van der Waals surface area contributed by atoms with E-state index in [-0.39, 0.29) is 18.2 Å². The van der Waals surface area contributed by atoms with Crippen LogP contribution in [-0.4, -0.2) is 11.0 Å². The van der Waals surface area contributed by atoms with Crippen molar-refractivity contribution < 1.29 is 13.7 Å². The first-order valence-electron chi connectivity index (χ1n) is 4.94. The van der Waals surface area contributed by atoms with Gasteiger partial charge in [-0.25, -0.2) is 4.39 Å². The third-order valence-corrected chi connectivity index (χ3v) is 2.28. The van der Waals surface area contributed by atoms with Crippen molar-refractivity contribution in [3.05, 3.63) is 52.1 Å². The summed E-state index contributed by atoms with van der Waals surface area (Å²) in [7, 11) is 0. The van der Waals surface area contributed by atoms with E-state index in [0.717, 1.165) is 6.07 Å². The number of rotatable bonds is 5. The molecule has 0 fully saturated rings. The van der Waals surface area contributed by atoms with E-state index in [0.29, 0.717) is 6.07 Å². The highest BCUT2D eigenvalue weighted by atomic mass is 19.1. The SMILES string of the molecule is C=CC(C)NCc1cc([N+](=O)[O-])c(F)cc1F. The Morgan fingerprint density at radius 2 is 2.18 bits per heavy atom. The number of nitro benzene ring substituents is 1. The fourth-order valence-corrected chi connectivity index (χ4v) is 1.21. The fourth-order valence-electron chi connectivity index (χ4n) is 1.21. The summed E-state index contributed by atoms with van der Waals surface area (Å²) in [6, 6.07) is 1.35. The highest BCUT2D eigenvalue weighted by molar-refractivity contribution is 5.37. The number of benzene rings is 1. The molecule has 0 radical (unpaired) electrons. The lowest BCUT2D eigenvalue weighted by atomic mass is 10.1. The average molecular weight is 242 g/mol. The maximum Gasteiger partial charge on any atom is 0.305 e. The van der Waals surface area contributed by atoms with E-state index in [1.165, 1.54) is 0 Å². The highest BCUT2D eigenvalue weighted by Crippen LogP contribution is 2.21. The molecule has 0 saturated carbocycles. The van der Waals surface area contributed by atoms with E-state index in [4.69, 9.17) is 0 Å². The molecule has 1 aromatic rings. The molecule has 0 aliphatic rings. The normalized spacial score (nSPS) is 12.2. The Bertz CT molecular complexity index is 449. The largest absolute Gasteiger partial charge is 0.307 e. The molecule has 1 atom stereocenters. The van der Waals surface area contributed by atoms with Crippen molar-refractivity contribution in [3.63, 3.8) is 0 Å². The van der Waals surface area contributed by atoms with Crippen LogP contribution in [0.3, 0.4) is 0 Å². The summed E-state index contributed by atoms with van der Waals surface area (Å²) in [5.41, 5.74) is -0.679. The summed E-state index contributed by atoms with van der Waals surface area (Å²) < 4.78 is 26.3. The summed E-state index contributed by atoms with van der Waals surface area (Å²) in [4.78, 5) is 9.61. The Morgan fingerprint density at radius 3 is 2.71 bits per heavy atom. The first kappa shape index (κ1) is 13.2. The smallest absolute Gasteiger partial charge is 0.305 e.